The van der Waals surface area contributed by atoms with E-state index in [1.807, 2.05) is 32.0 Å². The number of carbonyl (C=O) groups is 1. The molecule has 1 aliphatic heterocycles. The maximum absolute atomic E-state index is 11.7. The fourth-order valence-electron chi connectivity index (χ4n) is 2.36. The van der Waals surface area contributed by atoms with Crippen LogP contribution < -0.4 is 14.8 Å². The predicted molar refractivity (Wildman–Crippen MR) is 86.5 cm³/mol. The number of ether oxygens (including phenoxy) is 2. The lowest BCUT2D eigenvalue weighted by molar-refractivity contribution is -0.115. The number of carbonyl (C=O) groups excluding carboxylic acids is 1. The molecule has 0 unspecified atom stereocenters. The first-order valence-electron chi connectivity index (χ1n) is 7.21. The molecule has 8 heteroatoms. The minimum absolute atomic E-state index is 0.0620. The second-order valence-corrected chi connectivity index (χ2v) is 6.16. The number of nitrogens with one attached hydrogen (secondary N) is 1. The summed E-state index contributed by atoms with van der Waals surface area (Å²) in [4.78, 5) is 16.3. The average molecular weight is 330 g/mol. The molecule has 1 aromatic carbocycles. The van der Waals surface area contributed by atoms with E-state index in [1.54, 1.807) is 4.68 Å². The Morgan fingerprint density at radius 1 is 1.35 bits per heavy atom. The number of nitrogens with zero attached hydrogens (tertiary/aromatic N) is 3. The number of thiazole rings is 1. The van der Waals surface area contributed by atoms with Gasteiger partial charge in [0.2, 0.25) is 17.8 Å². The molecule has 0 saturated carbocycles. The number of anilines is 1. The van der Waals surface area contributed by atoms with E-state index >= 15 is 0 Å². The van der Waals surface area contributed by atoms with Crippen molar-refractivity contribution >= 4 is 33.3 Å². The number of hydrogen-bond donors (Lipinski definition) is 1. The highest BCUT2D eigenvalue weighted by Gasteiger charge is 2.18. The molecule has 23 heavy (non-hydrogen) atoms. The van der Waals surface area contributed by atoms with Crippen molar-refractivity contribution in [2.75, 3.05) is 12.1 Å². The zero-order valence-corrected chi connectivity index (χ0v) is 13.4. The van der Waals surface area contributed by atoms with Crippen LogP contribution in [0.1, 0.15) is 19.0 Å². The molecule has 118 valence electrons. The molecule has 3 aromatic rings. The van der Waals surface area contributed by atoms with Crippen molar-refractivity contribution in [2.45, 2.75) is 20.3 Å². The third kappa shape index (κ3) is 2.40. The van der Waals surface area contributed by atoms with E-state index in [1.165, 1.54) is 11.3 Å². The average Bonchev–Trinajstić information content (AvgIpc) is 3.21. The van der Waals surface area contributed by atoms with Gasteiger partial charge >= 0.3 is 0 Å². The Bertz CT molecular complexity index is 874. The Morgan fingerprint density at radius 3 is 2.91 bits per heavy atom. The number of aryl methyl sites for hydroxylation is 1. The highest BCUT2D eigenvalue weighted by molar-refractivity contribution is 7.20. The first-order valence-corrected chi connectivity index (χ1v) is 8.03. The van der Waals surface area contributed by atoms with Crippen LogP contribution in [0, 0.1) is 6.92 Å². The van der Waals surface area contributed by atoms with E-state index in [4.69, 9.17) is 9.47 Å². The van der Waals surface area contributed by atoms with Crippen LogP contribution in [0.25, 0.3) is 15.3 Å². The van der Waals surface area contributed by atoms with Gasteiger partial charge in [-0.1, -0.05) is 18.3 Å². The lowest BCUT2D eigenvalue weighted by atomic mass is 10.3. The molecular formula is C15H14N4O3S. The fraction of sp³-hybridized carbons (Fsp3) is 0.267. The predicted octanol–water partition coefficient (Wildman–Crippen LogP) is 2.87. The first-order chi connectivity index (χ1) is 11.1. The topological polar surface area (TPSA) is 78.3 Å². The zero-order valence-electron chi connectivity index (χ0n) is 12.6. The highest BCUT2D eigenvalue weighted by atomic mass is 32.1. The third-order valence-electron chi connectivity index (χ3n) is 3.47. The van der Waals surface area contributed by atoms with Gasteiger partial charge in [-0.25, -0.2) is 4.98 Å². The molecule has 0 bridgehead atoms. The molecule has 1 amide bonds. The van der Waals surface area contributed by atoms with Crippen LogP contribution in [0.5, 0.6) is 11.5 Å². The van der Waals surface area contributed by atoms with Crippen molar-refractivity contribution in [1.82, 2.24) is 14.8 Å². The minimum atomic E-state index is -0.0620. The molecule has 1 N–H and O–H groups in total. The van der Waals surface area contributed by atoms with Crippen LogP contribution >= 0.6 is 11.3 Å². The number of aromatic nitrogens is 3. The van der Waals surface area contributed by atoms with Gasteiger partial charge in [-0.2, -0.15) is 9.78 Å². The van der Waals surface area contributed by atoms with E-state index in [2.05, 4.69) is 15.4 Å². The van der Waals surface area contributed by atoms with Gasteiger partial charge in [0.05, 0.1) is 15.9 Å². The molecule has 0 spiro atoms. The maximum Gasteiger partial charge on any atom is 0.231 e. The minimum Gasteiger partial charge on any atom is -0.454 e. The summed E-state index contributed by atoms with van der Waals surface area (Å²) in [6, 6.07) is 5.60. The summed E-state index contributed by atoms with van der Waals surface area (Å²) in [5.74, 6) is 1.98. The fourth-order valence-corrected chi connectivity index (χ4v) is 3.30. The van der Waals surface area contributed by atoms with E-state index in [9.17, 15) is 4.79 Å². The van der Waals surface area contributed by atoms with Gasteiger partial charge < -0.3 is 14.8 Å². The van der Waals surface area contributed by atoms with Crippen LogP contribution in [-0.2, 0) is 4.79 Å². The molecule has 0 atom stereocenters. The summed E-state index contributed by atoms with van der Waals surface area (Å²) in [5, 5.41) is 7.96. The molecule has 0 aliphatic carbocycles. The SMILES string of the molecule is CCC(=O)Nc1cc(C)nn1-c1nc2cc3c(cc2s1)OCO3. The van der Waals surface area contributed by atoms with Gasteiger partial charge in [0.1, 0.15) is 5.82 Å². The molecular weight excluding hydrogens is 316 g/mol. The normalized spacial score (nSPS) is 12.8. The Hall–Kier alpha value is -2.61. The van der Waals surface area contributed by atoms with Gasteiger partial charge in [0.15, 0.2) is 11.5 Å². The van der Waals surface area contributed by atoms with Gasteiger partial charge in [0, 0.05) is 24.6 Å². The number of rotatable bonds is 3. The molecule has 3 heterocycles. The first kappa shape index (κ1) is 14.0. The Morgan fingerprint density at radius 2 is 2.13 bits per heavy atom. The smallest absolute Gasteiger partial charge is 0.231 e. The summed E-state index contributed by atoms with van der Waals surface area (Å²) < 4.78 is 13.4. The number of fused-ring (bicyclic) bond motifs is 2. The zero-order chi connectivity index (χ0) is 16.0. The summed E-state index contributed by atoms with van der Waals surface area (Å²) in [5.41, 5.74) is 1.62. The van der Waals surface area contributed by atoms with E-state index < -0.39 is 0 Å². The summed E-state index contributed by atoms with van der Waals surface area (Å²) in [7, 11) is 0. The highest BCUT2D eigenvalue weighted by Crippen LogP contribution is 2.38. The Balaban J connectivity index is 1.78. The summed E-state index contributed by atoms with van der Waals surface area (Å²) in [6.45, 7) is 3.93. The van der Waals surface area contributed by atoms with E-state index in [0.717, 1.165) is 21.7 Å². The van der Waals surface area contributed by atoms with Gasteiger partial charge in [-0.15, -0.1) is 0 Å². The maximum atomic E-state index is 11.7. The molecule has 0 fully saturated rings. The standard InChI is InChI=1S/C15H14N4O3S/c1-3-14(20)17-13-4-8(2)18-19(13)15-16-9-5-10-11(22-7-21-10)6-12(9)23-15/h4-6H,3,7H2,1-2H3,(H,17,20). The molecule has 2 aromatic heterocycles. The lowest BCUT2D eigenvalue weighted by Gasteiger charge is -2.04. The van der Waals surface area contributed by atoms with Crippen molar-refractivity contribution < 1.29 is 14.3 Å². The number of benzene rings is 1. The lowest BCUT2D eigenvalue weighted by Crippen LogP contribution is -2.13. The van der Waals surface area contributed by atoms with Gasteiger partial charge in [0.25, 0.3) is 0 Å². The van der Waals surface area contributed by atoms with Gasteiger partial charge in [-0.05, 0) is 6.92 Å². The quantitative estimate of drug-likeness (QED) is 0.799. The van der Waals surface area contributed by atoms with Crippen molar-refractivity contribution in [3.8, 4) is 16.6 Å². The van der Waals surface area contributed by atoms with Crippen molar-refractivity contribution in [3.63, 3.8) is 0 Å². The van der Waals surface area contributed by atoms with E-state index in [0.29, 0.717) is 23.1 Å². The summed E-state index contributed by atoms with van der Waals surface area (Å²) in [6.07, 6.45) is 0.408. The number of amides is 1. The molecule has 0 radical (unpaired) electrons. The van der Waals surface area contributed by atoms with Crippen molar-refractivity contribution in [1.29, 1.82) is 0 Å². The molecule has 1 aliphatic rings. The van der Waals surface area contributed by atoms with Crippen molar-refractivity contribution in [3.05, 3.63) is 23.9 Å². The molecule has 7 nitrogen and oxygen atoms in total. The van der Waals surface area contributed by atoms with Crippen LogP contribution in [0.2, 0.25) is 0 Å². The monoisotopic (exact) mass is 330 g/mol. The largest absolute Gasteiger partial charge is 0.454 e. The third-order valence-corrected chi connectivity index (χ3v) is 4.47. The van der Waals surface area contributed by atoms with Crippen LogP contribution in [0.15, 0.2) is 18.2 Å². The van der Waals surface area contributed by atoms with Crippen LogP contribution in [0.3, 0.4) is 0 Å². The van der Waals surface area contributed by atoms with Crippen LogP contribution in [-0.4, -0.2) is 27.5 Å². The Kier molecular flexibility index (Phi) is 3.19. The van der Waals surface area contributed by atoms with Gasteiger partial charge in [-0.3, -0.25) is 4.79 Å². The second-order valence-electron chi connectivity index (χ2n) is 5.15. The van der Waals surface area contributed by atoms with Crippen molar-refractivity contribution in [2.24, 2.45) is 0 Å². The van der Waals surface area contributed by atoms with E-state index in [-0.39, 0.29) is 12.7 Å². The Labute approximate surface area is 135 Å². The second kappa shape index (κ2) is 5.24. The van der Waals surface area contributed by atoms with Crippen LogP contribution in [0.4, 0.5) is 5.82 Å². The molecule has 4 rings (SSSR count). The summed E-state index contributed by atoms with van der Waals surface area (Å²) >= 11 is 1.48. The number of hydrogen-bond acceptors (Lipinski definition) is 6. The molecule has 0 saturated heterocycles.